The Morgan fingerprint density at radius 1 is 1.27 bits per heavy atom. The third kappa shape index (κ3) is 5.40. The molecule has 1 heterocycles. The molecule has 0 radical (unpaired) electrons. The molecule has 0 aliphatic carbocycles. The number of rotatable bonds is 4. The van der Waals surface area contributed by atoms with Gasteiger partial charge in [0.25, 0.3) is 10.1 Å². The first-order valence-electron chi connectivity index (χ1n) is 4.61. The Morgan fingerprint density at radius 3 is 2.27 bits per heavy atom. The van der Waals surface area contributed by atoms with Crippen molar-refractivity contribution in [1.29, 1.82) is 0 Å². The molecule has 0 aromatic heterocycles. The van der Waals surface area contributed by atoms with E-state index in [0.717, 1.165) is 13.1 Å². The molecule has 1 aliphatic heterocycles. The SMILES string of the molecule is O=S(=O)(O)CC(O)(O)CN1CCNCC1. The quantitative estimate of drug-likeness (QED) is 0.316. The van der Waals surface area contributed by atoms with Crippen molar-refractivity contribution in [3.05, 3.63) is 0 Å². The fourth-order valence-electron chi connectivity index (χ4n) is 1.57. The van der Waals surface area contributed by atoms with Crippen molar-refractivity contribution in [2.75, 3.05) is 38.5 Å². The molecular formula is C7H16N2O5S. The van der Waals surface area contributed by atoms with Gasteiger partial charge in [-0.3, -0.25) is 9.45 Å². The van der Waals surface area contributed by atoms with Crippen molar-refractivity contribution in [1.82, 2.24) is 10.2 Å². The molecule has 0 amide bonds. The molecule has 90 valence electrons. The van der Waals surface area contributed by atoms with Gasteiger partial charge in [0, 0.05) is 26.2 Å². The molecule has 15 heavy (non-hydrogen) atoms. The van der Waals surface area contributed by atoms with Crippen molar-refractivity contribution in [2.45, 2.75) is 5.79 Å². The highest BCUT2D eigenvalue weighted by atomic mass is 32.2. The predicted molar refractivity (Wildman–Crippen MR) is 52.9 cm³/mol. The smallest absolute Gasteiger partial charge is 0.270 e. The lowest BCUT2D eigenvalue weighted by Crippen LogP contribution is -2.53. The Kier molecular flexibility index (Phi) is 4.04. The zero-order valence-electron chi connectivity index (χ0n) is 8.26. The minimum atomic E-state index is -4.37. The van der Waals surface area contributed by atoms with Crippen LogP contribution in [0.15, 0.2) is 0 Å². The van der Waals surface area contributed by atoms with Gasteiger partial charge in [-0.1, -0.05) is 0 Å². The number of nitrogens with one attached hydrogen (secondary N) is 1. The third-order valence-electron chi connectivity index (χ3n) is 2.10. The van der Waals surface area contributed by atoms with Crippen LogP contribution in [-0.2, 0) is 10.1 Å². The summed E-state index contributed by atoms with van der Waals surface area (Å²) < 4.78 is 29.5. The lowest BCUT2D eigenvalue weighted by atomic mass is 10.2. The normalized spacial score (nSPS) is 20.5. The maximum Gasteiger partial charge on any atom is 0.270 e. The Labute approximate surface area is 88.4 Å². The molecule has 0 aromatic carbocycles. The highest BCUT2D eigenvalue weighted by Crippen LogP contribution is 2.07. The predicted octanol–water partition coefficient (Wildman–Crippen LogP) is -2.54. The van der Waals surface area contributed by atoms with Crippen LogP contribution in [0.2, 0.25) is 0 Å². The Hall–Kier alpha value is -0.250. The molecule has 8 heteroatoms. The summed E-state index contributed by atoms with van der Waals surface area (Å²) in [4.78, 5) is 1.72. The largest absolute Gasteiger partial charge is 0.364 e. The third-order valence-corrected chi connectivity index (χ3v) is 2.93. The van der Waals surface area contributed by atoms with E-state index in [-0.39, 0.29) is 6.54 Å². The van der Waals surface area contributed by atoms with Crippen LogP contribution in [0.4, 0.5) is 0 Å². The second-order valence-electron chi connectivity index (χ2n) is 3.73. The van der Waals surface area contributed by atoms with E-state index in [2.05, 4.69) is 5.32 Å². The first-order chi connectivity index (χ1) is 6.79. The lowest BCUT2D eigenvalue weighted by molar-refractivity contribution is -0.157. The minimum absolute atomic E-state index is 0.186. The summed E-state index contributed by atoms with van der Waals surface area (Å²) in [6, 6.07) is 0. The van der Waals surface area contributed by atoms with E-state index in [1.165, 1.54) is 0 Å². The van der Waals surface area contributed by atoms with E-state index in [1.54, 1.807) is 4.90 Å². The molecule has 7 nitrogen and oxygen atoms in total. The number of β-amino-alcohol motifs (C(OH)–C–C–N with tert-alkyl or cyclic N) is 2. The number of nitrogens with zero attached hydrogens (tertiary/aromatic N) is 1. The Bertz CT molecular complexity index is 297. The van der Waals surface area contributed by atoms with E-state index in [4.69, 9.17) is 4.55 Å². The van der Waals surface area contributed by atoms with Crippen molar-refractivity contribution in [3.63, 3.8) is 0 Å². The summed E-state index contributed by atoms with van der Waals surface area (Å²) in [5, 5.41) is 21.8. The summed E-state index contributed by atoms with van der Waals surface area (Å²) in [6.45, 7) is 2.50. The average molecular weight is 240 g/mol. The van der Waals surface area contributed by atoms with Crippen LogP contribution in [0.25, 0.3) is 0 Å². The van der Waals surface area contributed by atoms with E-state index in [0.29, 0.717) is 13.1 Å². The molecular weight excluding hydrogens is 224 g/mol. The van der Waals surface area contributed by atoms with Crippen LogP contribution in [0.5, 0.6) is 0 Å². The second-order valence-corrected chi connectivity index (χ2v) is 5.19. The fraction of sp³-hybridized carbons (Fsp3) is 1.00. The van der Waals surface area contributed by atoms with Gasteiger partial charge in [-0.25, -0.2) is 0 Å². The van der Waals surface area contributed by atoms with Crippen LogP contribution in [0, 0.1) is 0 Å². The summed E-state index contributed by atoms with van der Waals surface area (Å²) in [6.07, 6.45) is 0. The van der Waals surface area contributed by atoms with E-state index in [9.17, 15) is 18.6 Å². The maximum absolute atomic E-state index is 10.5. The molecule has 0 unspecified atom stereocenters. The molecule has 0 aromatic rings. The van der Waals surface area contributed by atoms with E-state index < -0.39 is 21.7 Å². The van der Waals surface area contributed by atoms with Gasteiger partial charge in [-0.05, 0) is 0 Å². The maximum atomic E-state index is 10.5. The molecule has 1 rings (SSSR count). The van der Waals surface area contributed by atoms with Gasteiger partial charge in [0.2, 0.25) is 0 Å². The molecule has 1 aliphatic rings. The number of aliphatic hydroxyl groups is 2. The number of hydrogen-bond donors (Lipinski definition) is 4. The summed E-state index contributed by atoms with van der Waals surface area (Å²) in [7, 11) is -4.37. The number of hydrogen-bond acceptors (Lipinski definition) is 6. The first kappa shape index (κ1) is 12.8. The van der Waals surface area contributed by atoms with E-state index >= 15 is 0 Å². The fourth-order valence-corrected chi connectivity index (χ4v) is 2.24. The molecule has 1 saturated heterocycles. The molecule has 1 fully saturated rings. The molecule has 0 bridgehead atoms. The molecule has 0 atom stereocenters. The van der Waals surface area contributed by atoms with E-state index in [1.807, 2.05) is 0 Å². The highest BCUT2D eigenvalue weighted by molar-refractivity contribution is 7.85. The van der Waals surface area contributed by atoms with Gasteiger partial charge in [0.1, 0.15) is 5.75 Å². The van der Waals surface area contributed by atoms with Crippen molar-refractivity contribution in [3.8, 4) is 0 Å². The second kappa shape index (κ2) is 4.73. The van der Waals surface area contributed by atoms with Gasteiger partial charge in [0.15, 0.2) is 5.79 Å². The monoisotopic (exact) mass is 240 g/mol. The summed E-state index contributed by atoms with van der Waals surface area (Å²) in [5.74, 6) is -3.46. The average Bonchev–Trinajstić information content (AvgIpc) is 1.99. The van der Waals surface area contributed by atoms with Crippen molar-refractivity contribution in [2.24, 2.45) is 0 Å². The van der Waals surface area contributed by atoms with Gasteiger partial charge in [-0.2, -0.15) is 8.42 Å². The van der Waals surface area contributed by atoms with Crippen LogP contribution < -0.4 is 5.32 Å². The van der Waals surface area contributed by atoms with Gasteiger partial charge < -0.3 is 15.5 Å². The zero-order chi connectivity index (χ0) is 11.5. The zero-order valence-corrected chi connectivity index (χ0v) is 9.07. The van der Waals surface area contributed by atoms with Crippen LogP contribution in [0.3, 0.4) is 0 Å². The van der Waals surface area contributed by atoms with Gasteiger partial charge in [-0.15, -0.1) is 0 Å². The summed E-state index contributed by atoms with van der Waals surface area (Å²) in [5.41, 5.74) is 0. The lowest BCUT2D eigenvalue weighted by Gasteiger charge is -2.32. The molecule has 0 saturated carbocycles. The molecule has 0 spiro atoms. The molecule has 4 N–H and O–H groups in total. The van der Waals surface area contributed by atoms with Crippen LogP contribution in [-0.4, -0.2) is 72.3 Å². The standard InChI is InChI=1S/C7H16N2O5S/c10-7(11,6-15(12,13)14)5-9-3-1-8-2-4-9/h8,10-11H,1-6H2,(H,12,13,14). The Morgan fingerprint density at radius 2 is 1.80 bits per heavy atom. The number of piperazine rings is 1. The minimum Gasteiger partial charge on any atom is -0.364 e. The van der Waals surface area contributed by atoms with Crippen molar-refractivity contribution < 1.29 is 23.2 Å². The Balaban J connectivity index is 2.47. The summed E-state index contributed by atoms with van der Waals surface area (Å²) >= 11 is 0. The topological polar surface area (TPSA) is 110 Å². The van der Waals surface area contributed by atoms with Crippen LogP contribution in [0.1, 0.15) is 0 Å². The first-order valence-corrected chi connectivity index (χ1v) is 6.22. The van der Waals surface area contributed by atoms with Crippen LogP contribution >= 0.6 is 0 Å². The van der Waals surface area contributed by atoms with Gasteiger partial charge in [0.05, 0.1) is 6.54 Å². The highest BCUT2D eigenvalue weighted by Gasteiger charge is 2.32. The van der Waals surface area contributed by atoms with Gasteiger partial charge >= 0.3 is 0 Å². The van der Waals surface area contributed by atoms with Crippen molar-refractivity contribution >= 4 is 10.1 Å².